The van der Waals surface area contributed by atoms with Crippen molar-refractivity contribution in [3.63, 3.8) is 0 Å². The van der Waals surface area contributed by atoms with Crippen LogP contribution in [0.2, 0.25) is 0 Å². The number of hydrogen-bond donors (Lipinski definition) is 1. The number of anilines is 1. The summed E-state index contributed by atoms with van der Waals surface area (Å²) in [7, 11) is 0. The maximum absolute atomic E-state index is 12.4. The first-order valence-electron chi connectivity index (χ1n) is 6.18. The monoisotopic (exact) mass is 247 g/mol. The molecule has 0 atom stereocenters. The number of allylic oxidation sites excluding steroid dienone is 2. The Kier molecular flexibility index (Phi) is 2.99. The Bertz CT molecular complexity index is 669. The third kappa shape index (κ3) is 2.33. The number of fused-ring (bicyclic) bond motifs is 1. The van der Waals surface area contributed by atoms with E-state index in [-0.39, 0.29) is 5.78 Å². The number of rotatable bonds is 2. The molecule has 1 aliphatic rings. The second-order valence-electron chi connectivity index (χ2n) is 4.36. The lowest BCUT2D eigenvalue weighted by molar-refractivity contribution is 0.103. The topological polar surface area (TPSA) is 29.1 Å². The lowest BCUT2D eigenvalue weighted by Crippen LogP contribution is -2.00. The molecule has 1 N–H and O–H groups in total. The fourth-order valence-electron chi connectivity index (χ4n) is 2.09. The number of ketones is 1. The summed E-state index contributed by atoms with van der Waals surface area (Å²) < 4.78 is 0. The van der Waals surface area contributed by atoms with E-state index in [1.807, 2.05) is 66.7 Å². The third-order valence-corrected chi connectivity index (χ3v) is 3.07. The minimum absolute atomic E-state index is 0.0374. The van der Waals surface area contributed by atoms with Gasteiger partial charge in [0, 0.05) is 23.0 Å². The van der Waals surface area contributed by atoms with Gasteiger partial charge in [-0.15, -0.1) is 0 Å². The summed E-state index contributed by atoms with van der Waals surface area (Å²) in [6.07, 6.45) is 5.54. The van der Waals surface area contributed by atoms with E-state index in [2.05, 4.69) is 5.32 Å². The van der Waals surface area contributed by atoms with Crippen LogP contribution in [0.25, 0.3) is 6.08 Å². The quantitative estimate of drug-likeness (QED) is 0.816. The fraction of sp³-hybridized carbons (Fsp3) is 0. The molecule has 0 aliphatic carbocycles. The molecule has 0 aromatic heterocycles. The third-order valence-electron chi connectivity index (χ3n) is 3.07. The van der Waals surface area contributed by atoms with Gasteiger partial charge in [-0.3, -0.25) is 4.79 Å². The maximum atomic E-state index is 12.4. The summed E-state index contributed by atoms with van der Waals surface area (Å²) in [5.74, 6) is 0.0374. The van der Waals surface area contributed by atoms with Crippen molar-refractivity contribution < 1.29 is 4.79 Å². The molecule has 1 heterocycles. The zero-order valence-corrected chi connectivity index (χ0v) is 10.3. The number of nitrogens with one attached hydrogen (secondary N) is 1. The van der Waals surface area contributed by atoms with Crippen LogP contribution in [0, 0.1) is 0 Å². The van der Waals surface area contributed by atoms with Crippen molar-refractivity contribution in [2.24, 2.45) is 0 Å². The molecule has 2 aromatic carbocycles. The molecule has 2 heteroatoms. The predicted octanol–water partition coefficient (Wildman–Crippen LogP) is 3.89. The number of carbonyl (C=O) groups excluding carboxylic acids is 1. The highest BCUT2D eigenvalue weighted by Crippen LogP contribution is 2.23. The number of para-hydroxylation sites is 1. The molecule has 0 saturated carbocycles. The molecule has 0 bridgehead atoms. The molecule has 0 fully saturated rings. The van der Waals surface area contributed by atoms with Gasteiger partial charge >= 0.3 is 0 Å². The van der Waals surface area contributed by atoms with Gasteiger partial charge in [0.2, 0.25) is 0 Å². The van der Waals surface area contributed by atoms with E-state index in [9.17, 15) is 4.79 Å². The molecule has 0 saturated heterocycles. The fourth-order valence-corrected chi connectivity index (χ4v) is 2.09. The van der Waals surface area contributed by atoms with Crippen molar-refractivity contribution in [2.75, 3.05) is 5.32 Å². The van der Waals surface area contributed by atoms with Crippen LogP contribution in [0.3, 0.4) is 0 Å². The number of Topliss-reactive ketones (excluding diaryl/α,β-unsaturated/α-hetero) is 1. The first-order valence-corrected chi connectivity index (χ1v) is 6.18. The normalized spacial score (nSPS) is 12.9. The Morgan fingerprint density at radius 3 is 2.47 bits per heavy atom. The molecule has 0 radical (unpaired) electrons. The average Bonchev–Trinajstić information content (AvgIpc) is 2.69. The second kappa shape index (κ2) is 4.94. The van der Waals surface area contributed by atoms with Crippen LogP contribution in [0.5, 0.6) is 0 Å². The smallest absolute Gasteiger partial charge is 0.193 e. The Balaban J connectivity index is 2.02. The highest BCUT2D eigenvalue weighted by Gasteiger charge is 2.12. The summed E-state index contributed by atoms with van der Waals surface area (Å²) in [4.78, 5) is 12.4. The van der Waals surface area contributed by atoms with Crippen LogP contribution in [0.15, 0.2) is 72.4 Å². The molecular weight excluding hydrogens is 234 g/mol. The highest BCUT2D eigenvalue weighted by molar-refractivity contribution is 6.13. The van der Waals surface area contributed by atoms with Gasteiger partial charge in [0.1, 0.15) is 0 Å². The van der Waals surface area contributed by atoms with Crippen molar-refractivity contribution in [3.8, 4) is 0 Å². The summed E-state index contributed by atoms with van der Waals surface area (Å²) in [5, 5.41) is 3.18. The lowest BCUT2D eigenvalue weighted by Gasteiger charge is -2.03. The van der Waals surface area contributed by atoms with E-state index in [0.717, 1.165) is 11.3 Å². The minimum atomic E-state index is 0.0374. The van der Waals surface area contributed by atoms with Crippen molar-refractivity contribution in [1.82, 2.24) is 0 Å². The molecule has 19 heavy (non-hydrogen) atoms. The van der Waals surface area contributed by atoms with Crippen molar-refractivity contribution >= 4 is 17.5 Å². The van der Waals surface area contributed by atoms with Gasteiger partial charge in [-0.05, 0) is 23.8 Å². The van der Waals surface area contributed by atoms with Gasteiger partial charge in [-0.25, -0.2) is 0 Å². The van der Waals surface area contributed by atoms with Crippen molar-refractivity contribution in [3.05, 3.63) is 83.6 Å². The van der Waals surface area contributed by atoms with Crippen molar-refractivity contribution in [1.29, 1.82) is 0 Å². The van der Waals surface area contributed by atoms with E-state index in [0.29, 0.717) is 11.1 Å². The van der Waals surface area contributed by atoms with E-state index in [4.69, 9.17) is 0 Å². The highest BCUT2D eigenvalue weighted by atomic mass is 16.1. The van der Waals surface area contributed by atoms with Gasteiger partial charge in [-0.2, -0.15) is 0 Å². The molecule has 2 aromatic rings. The van der Waals surface area contributed by atoms with Gasteiger partial charge in [0.15, 0.2) is 5.78 Å². The van der Waals surface area contributed by atoms with Crippen LogP contribution < -0.4 is 5.32 Å². The molecule has 0 spiro atoms. The van der Waals surface area contributed by atoms with E-state index >= 15 is 0 Å². The first-order chi connectivity index (χ1) is 9.34. The van der Waals surface area contributed by atoms with Crippen LogP contribution in [-0.4, -0.2) is 5.78 Å². The number of hydrogen-bond acceptors (Lipinski definition) is 2. The summed E-state index contributed by atoms with van der Waals surface area (Å²) in [6.45, 7) is 0. The Hall–Kier alpha value is -2.61. The second-order valence-corrected chi connectivity index (χ2v) is 4.36. The molecule has 1 aliphatic heterocycles. The lowest BCUT2D eigenvalue weighted by atomic mass is 10.0. The Labute approximate surface area is 112 Å². The van der Waals surface area contributed by atoms with Gasteiger partial charge in [0.05, 0.1) is 0 Å². The van der Waals surface area contributed by atoms with Gasteiger partial charge in [-0.1, -0.05) is 48.5 Å². The Morgan fingerprint density at radius 2 is 1.63 bits per heavy atom. The maximum Gasteiger partial charge on any atom is 0.193 e. The van der Waals surface area contributed by atoms with E-state index in [1.54, 1.807) is 6.20 Å². The molecule has 3 rings (SSSR count). The van der Waals surface area contributed by atoms with Crippen LogP contribution in [-0.2, 0) is 0 Å². The standard InChI is InChI=1S/C17H13NO/c19-17(13-6-2-1-3-7-13)15-10-11-18-16-9-5-4-8-14(16)12-15/h1-12,18H. The van der Waals surface area contributed by atoms with Crippen LogP contribution >= 0.6 is 0 Å². The number of benzene rings is 2. The molecule has 92 valence electrons. The zero-order chi connectivity index (χ0) is 13.1. The predicted molar refractivity (Wildman–Crippen MR) is 78.0 cm³/mol. The molecule has 2 nitrogen and oxygen atoms in total. The SMILES string of the molecule is O=C(C1=Cc2ccccc2NC=C1)c1ccccc1. The summed E-state index contributed by atoms with van der Waals surface area (Å²) in [5.41, 5.74) is 3.42. The minimum Gasteiger partial charge on any atom is -0.361 e. The van der Waals surface area contributed by atoms with E-state index < -0.39 is 0 Å². The summed E-state index contributed by atoms with van der Waals surface area (Å²) in [6, 6.07) is 17.2. The molecular formula is C17H13NO. The van der Waals surface area contributed by atoms with Gasteiger partial charge < -0.3 is 5.32 Å². The van der Waals surface area contributed by atoms with Crippen LogP contribution in [0.1, 0.15) is 15.9 Å². The van der Waals surface area contributed by atoms with Gasteiger partial charge in [0.25, 0.3) is 0 Å². The summed E-state index contributed by atoms with van der Waals surface area (Å²) >= 11 is 0. The number of carbonyl (C=O) groups is 1. The largest absolute Gasteiger partial charge is 0.361 e. The van der Waals surface area contributed by atoms with Crippen molar-refractivity contribution in [2.45, 2.75) is 0 Å². The van der Waals surface area contributed by atoms with E-state index in [1.165, 1.54) is 0 Å². The molecule has 0 amide bonds. The molecule has 0 unspecified atom stereocenters. The first kappa shape index (κ1) is 11.5. The Morgan fingerprint density at radius 1 is 0.895 bits per heavy atom. The zero-order valence-electron chi connectivity index (χ0n) is 10.3. The average molecular weight is 247 g/mol. The van der Waals surface area contributed by atoms with Crippen LogP contribution in [0.4, 0.5) is 5.69 Å².